The van der Waals surface area contributed by atoms with Crippen LogP contribution in [0.15, 0.2) is 16.8 Å². The standard InChI is InChI=1S/C21H31NO3/c1-13(23)25-15-8-10-20(2)14(12-15)4-5-16-17-6-7-19(22-24)21(17,3)11-9-18(16)20/h4,15-18,24H,5-12H2,1-3H3/b22-19-/t15-,16-,17-,18-,20-,21-/m0/s1. The van der Waals surface area contributed by atoms with Crippen LogP contribution in [0.5, 0.6) is 0 Å². The second-order valence-corrected chi connectivity index (χ2v) is 9.28. The molecule has 25 heavy (non-hydrogen) atoms. The SMILES string of the molecule is CC(=O)O[C@H]1CC[C@@]2(C)C(=CC[C@@H]3[C@@H]2CC[C@]2(C)/C(=N\O)CC[C@@H]32)C1. The highest BCUT2D eigenvalue weighted by Gasteiger charge is 2.58. The Kier molecular flexibility index (Phi) is 4.01. The van der Waals surface area contributed by atoms with Gasteiger partial charge in [0.05, 0.1) is 5.71 Å². The molecule has 0 radical (unpaired) electrons. The Morgan fingerprint density at radius 1 is 1.20 bits per heavy atom. The summed E-state index contributed by atoms with van der Waals surface area (Å²) in [6.45, 7) is 6.30. The molecule has 4 heteroatoms. The van der Waals surface area contributed by atoms with E-state index in [2.05, 4.69) is 25.1 Å². The average molecular weight is 345 g/mol. The van der Waals surface area contributed by atoms with Gasteiger partial charge in [-0.25, -0.2) is 0 Å². The lowest BCUT2D eigenvalue weighted by Gasteiger charge is -2.57. The van der Waals surface area contributed by atoms with Crippen molar-refractivity contribution in [1.29, 1.82) is 0 Å². The zero-order chi connectivity index (χ0) is 17.8. The molecule has 138 valence electrons. The maximum Gasteiger partial charge on any atom is 0.302 e. The molecule has 0 unspecified atom stereocenters. The number of allylic oxidation sites excluding steroid dienone is 1. The number of hydrogen-bond donors (Lipinski definition) is 1. The van der Waals surface area contributed by atoms with Crippen LogP contribution in [0.4, 0.5) is 0 Å². The van der Waals surface area contributed by atoms with Crippen LogP contribution in [0.1, 0.15) is 72.1 Å². The second-order valence-electron chi connectivity index (χ2n) is 9.28. The topological polar surface area (TPSA) is 58.9 Å². The Bertz CT molecular complexity index is 639. The number of rotatable bonds is 1. The van der Waals surface area contributed by atoms with E-state index in [-0.39, 0.29) is 22.9 Å². The van der Waals surface area contributed by atoms with E-state index in [9.17, 15) is 10.0 Å². The zero-order valence-electron chi connectivity index (χ0n) is 15.8. The minimum Gasteiger partial charge on any atom is -0.462 e. The fraction of sp³-hybridized carbons (Fsp3) is 0.810. The van der Waals surface area contributed by atoms with Crippen molar-refractivity contribution in [2.75, 3.05) is 0 Å². The van der Waals surface area contributed by atoms with Gasteiger partial charge in [-0.2, -0.15) is 0 Å². The van der Waals surface area contributed by atoms with Gasteiger partial charge in [-0.3, -0.25) is 4.79 Å². The summed E-state index contributed by atoms with van der Waals surface area (Å²) in [6.07, 6.45) is 11.2. The molecule has 0 aromatic heterocycles. The smallest absolute Gasteiger partial charge is 0.302 e. The van der Waals surface area contributed by atoms with Gasteiger partial charge in [-0.15, -0.1) is 0 Å². The van der Waals surface area contributed by atoms with Gasteiger partial charge in [-0.1, -0.05) is 30.7 Å². The van der Waals surface area contributed by atoms with Gasteiger partial charge in [0.2, 0.25) is 0 Å². The molecule has 1 N–H and O–H groups in total. The molecule has 4 nitrogen and oxygen atoms in total. The summed E-state index contributed by atoms with van der Waals surface area (Å²) >= 11 is 0. The third-order valence-electron chi connectivity index (χ3n) is 8.25. The van der Waals surface area contributed by atoms with Gasteiger partial charge in [-0.05, 0) is 68.1 Å². The highest BCUT2D eigenvalue weighted by molar-refractivity contribution is 5.92. The largest absolute Gasteiger partial charge is 0.462 e. The molecular weight excluding hydrogens is 314 g/mol. The number of carbonyl (C=O) groups excluding carboxylic acids is 1. The molecule has 0 amide bonds. The van der Waals surface area contributed by atoms with Crippen molar-refractivity contribution < 1.29 is 14.7 Å². The van der Waals surface area contributed by atoms with E-state index in [1.54, 1.807) is 0 Å². The van der Waals surface area contributed by atoms with Crippen LogP contribution in [0.3, 0.4) is 0 Å². The predicted molar refractivity (Wildman–Crippen MR) is 96.5 cm³/mol. The molecule has 3 saturated carbocycles. The predicted octanol–water partition coefficient (Wildman–Crippen LogP) is 4.71. The molecule has 0 saturated heterocycles. The van der Waals surface area contributed by atoms with Crippen molar-refractivity contribution in [2.45, 2.75) is 78.2 Å². The van der Waals surface area contributed by atoms with Gasteiger partial charge < -0.3 is 9.94 Å². The molecule has 0 aliphatic heterocycles. The monoisotopic (exact) mass is 345 g/mol. The summed E-state index contributed by atoms with van der Waals surface area (Å²) < 4.78 is 5.51. The van der Waals surface area contributed by atoms with Crippen molar-refractivity contribution in [3.63, 3.8) is 0 Å². The number of oxime groups is 1. The molecule has 4 aliphatic carbocycles. The summed E-state index contributed by atoms with van der Waals surface area (Å²) in [4.78, 5) is 11.3. The van der Waals surface area contributed by atoms with E-state index >= 15 is 0 Å². The van der Waals surface area contributed by atoms with E-state index in [1.165, 1.54) is 25.3 Å². The number of ether oxygens (including phenoxy) is 1. The van der Waals surface area contributed by atoms with Crippen LogP contribution in [0.25, 0.3) is 0 Å². The van der Waals surface area contributed by atoms with Crippen molar-refractivity contribution in [1.82, 2.24) is 0 Å². The Labute approximate surface area is 150 Å². The van der Waals surface area contributed by atoms with Crippen molar-refractivity contribution in [3.8, 4) is 0 Å². The molecule has 6 atom stereocenters. The van der Waals surface area contributed by atoms with Crippen LogP contribution >= 0.6 is 0 Å². The number of hydrogen-bond acceptors (Lipinski definition) is 4. The molecule has 4 aliphatic rings. The van der Waals surface area contributed by atoms with Crippen LogP contribution < -0.4 is 0 Å². The summed E-state index contributed by atoms with van der Waals surface area (Å²) in [5.74, 6) is 1.93. The van der Waals surface area contributed by atoms with Gasteiger partial charge in [0.1, 0.15) is 6.10 Å². The molecular formula is C21H31NO3. The third-order valence-corrected chi connectivity index (χ3v) is 8.25. The van der Waals surface area contributed by atoms with Crippen LogP contribution in [0, 0.1) is 28.6 Å². The molecule has 0 spiro atoms. The quantitative estimate of drug-likeness (QED) is 0.324. The first-order chi connectivity index (χ1) is 11.9. The molecule has 0 bridgehead atoms. The fourth-order valence-corrected chi connectivity index (χ4v) is 6.92. The van der Waals surface area contributed by atoms with Crippen molar-refractivity contribution in [3.05, 3.63) is 11.6 Å². The highest BCUT2D eigenvalue weighted by Crippen LogP contribution is 2.64. The average Bonchev–Trinajstić information content (AvgIpc) is 2.91. The molecule has 3 fully saturated rings. The van der Waals surface area contributed by atoms with Crippen molar-refractivity contribution in [2.24, 2.45) is 33.7 Å². The summed E-state index contributed by atoms with van der Waals surface area (Å²) in [7, 11) is 0. The summed E-state index contributed by atoms with van der Waals surface area (Å²) in [6, 6.07) is 0. The van der Waals surface area contributed by atoms with Gasteiger partial charge in [0, 0.05) is 18.8 Å². The summed E-state index contributed by atoms with van der Waals surface area (Å²) in [5.41, 5.74) is 2.94. The second kappa shape index (κ2) is 5.85. The first-order valence-electron chi connectivity index (χ1n) is 9.96. The Morgan fingerprint density at radius 3 is 2.64 bits per heavy atom. The van der Waals surface area contributed by atoms with E-state index in [1.807, 2.05) is 0 Å². The van der Waals surface area contributed by atoms with E-state index in [0.717, 1.165) is 50.2 Å². The lowest BCUT2D eigenvalue weighted by atomic mass is 9.48. The Morgan fingerprint density at radius 2 is 1.92 bits per heavy atom. The Hall–Kier alpha value is -1.32. The van der Waals surface area contributed by atoms with Gasteiger partial charge >= 0.3 is 5.97 Å². The minimum atomic E-state index is -0.155. The maximum absolute atomic E-state index is 11.3. The lowest BCUT2D eigenvalue weighted by Crippen LogP contribution is -2.50. The van der Waals surface area contributed by atoms with Crippen molar-refractivity contribution >= 4 is 11.7 Å². The zero-order valence-corrected chi connectivity index (χ0v) is 15.8. The third kappa shape index (κ3) is 2.47. The van der Waals surface area contributed by atoms with Gasteiger partial charge in [0.15, 0.2) is 0 Å². The van der Waals surface area contributed by atoms with Crippen LogP contribution in [-0.2, 0) is 9.53 Å². The minimum absolute atomic E-state index is 0.0711. The fourth-order valence-electron chi connectivity index (χ4n) is 6.92. The summed E-state index contributed by atoms with van der Waals surface area (Å²) in [5, 5.41) is 13.1. The number of fused-ring (bicyclic) bond motifs is 5. The molecule has 0 aromatic rings. The van der Waals surface area contributed by atoms with Gasteiger partial charge in [0.25, 0.3) is 0 Å². The molecule has 4 rings (SSSR count). The Balaban J connectivity index is 1.60. The van der Waals surface area contributed by atoms with Crippen LogP contribution in [-0.4, -0.2) is 23.0 Å². The molecule has 0 heterocycles. The van der Waals surface area contributed by atoms with E-state index in [4.69, 9.17) is 4.74 Å². The number of nitrogens with zero attached hydrogens (tertiary/aromatic N) is 1. The van der Waals surface area contributed by atoms with E-state index < -0.39 is 0 Å². The lowest BCUT2D eigenvalue weighted by molar-refractivity contribution is -0.148. The highest BCUT2D eigenvalue weighted by atomic mass is 16.5. The van der Waals surface area contributed by atoms with Crippen LogP contribution in [0.2, 0.25) is 0 Å². The first-order valence-corrected chi connectivity index (χ1v) is 9.96. The number of esters is 1. The molecule has 0 aromatic carbocycles. The van der Waals surface area contributed by atoms with E-state index in [0.29, 0.717) is 11.8 Å². The first kappa shape index (κ1) is 17.1. The number of carbonyl (C=O) groups is 1. The maximum atomic E-state index is 11.3. The normalized spacial score (nSPS) is 47.5.